The van der Waals surface area contributed by atoms with E-state index in [1.807, 2.05) is 36.7 Å². The van der Waals surface area contributed by atoms with Crippen molar-refractivity contribution in [3.8, 4) is 32.3 Å². The molecule has 3 aromatic heterocycles. The van der Waals surface area contributed by atoms with E-state index in [2.05, 4.69) is 31.4 Å². The first-order valence-electron chi connectivity index (χ1n) is 12.3. The van der Waals surface area contributed by atoms with E-state index in [9.17, 15) is 9.18 Å². The summed E-state index contributed by atoms with van der Waals surface area (Å²) in [4.78, 5) is 18.2. The zero-order valence-electron chi connectivity index (χ0n) is 20.0. The van der Waals surface area contributed by atoms with Crippen LogP contribution >= 0.6 is 11.3 Å². The lowest BCUT2D eigenvalue weighted by molar-refractivity contribution is 0.343. The second-order valence-electron chi connectivity index (χ2n) is 9.15. The van der Waals surface area contributed by atoms with Crippen molar-refractivity contribution in [2.24, 2.45) is 0 Å². The molecule has 1 aliphatic heterocycles. The van der Waals surface area contributed by atoms with Gasteiger partial charge in [0.1, 0.15) is 10.8 Å². The predicted molar refractivity (Wildman–Crippen MR) is 143 cm³/mol. The minimum atomic E-state index is -0.341. The topological polar surface area (TPSA) is 77.6 Å². The molecule has 7 nitrogen and oxygen atoms in total. The first-order chi connectivity index (χ1) is 18.1. The normalized spacial score (nSPS) is 14.2. The average molecular weight is 513 g/mol. The van der Waals surface area contributed by atoms with Crippen LogP contribution in [0.25, 0.3) is 32.3 Å². The summed E-state index contributed by atoms with van der Waals surface area (Å²) in [5.74, 6) is -0.341. The highest BCUT2D eigenvalue weighted by Gasteiger charge is 2.17. The highest BCUT2D eigenvalue weighted by molar-refractivity contribution is 7.18. The number of aromatic nitrogens is 5. The second-order valence-corrected chi connectivity index (χ2v) is 10.2. The van der Waals surface area contributed by atoms with Crippen LogP contribution in [0.1, 0.15) is 24.4 Å². The second kappa shape index (κ2) is 10.2. The summed E-state index contributed by atoms with van der Waals surface area (Å²) < 4.78 is 17.2. The maximum absolute atomic E-state index is 13.7. The van der Waals surface area contributed by atoms with Crippen LogP contribution in [0, 0.1) is 5.82 Å². The molecule has 0 spiro atoms. The third-order valence-electron chi connectivity index (χ3n) is 6.57. The van der Waals surface area contributed by atoms with Gasteiger partial charge in [0, 0.05) is 35.2 Å². The van der Waals surface area contributed by atoms with Crippen LogP contribution in [0.5, 0.6) is 0 Å². The average Bonchev–Trinajstić information content (AvgIpc) is 3.61. The molecule has 2 aromatic carbocycles. The van der Waals surface area contributed by atoms with E-state index in [0.29, 0.717) is 23.8 Å². The number of halogens is 1. The Hall–Kier alpha value is -3.95. The fraction of sp³-hybridized carbons (Fsp3) is 0.214. The van der Waals surface area contributed by atoms with Gasteiger partial charge < -0.3 is 5.32 Å². The molecule has 0 atom stereocenters. The molecule has 1 fully saturated rings. The van der Waals surface area contributed by atoms with Gasteiger partial charge in [-0.25, -0.2) is 14.1 Å². The molecule has 6 rings (SSSR count). The van der Waals surface area contributed by atoms with Crippen LogP contribution in [0.2, 0.25) is 0 Å². The third kappa shape index (κ3) is 5.14. The zero-order valence-corrected chi connectivity index (χ0v) is 20.9. The predicted octanol–water partition coefficient (Wildman–Crippen LogP) is 5.01. The van der Waals surface area contributed by atoms with E-state index < -0.39 is 0 Å². The van der Waals surface area contributed by atoms with Crippen LogP contribution in [0.3, 0.4) is 0 Å². The van der Waals surface area contributed by atoms with Gasteiger partial charge >= 0.3 is 0 Å². The van der Waals surface area contributed by atoms with E-state index in [1.165, 1.54) is 22.9 Å². The monoisotopic (exact) mass is 512 g/mol. The molecule has 0 unspecified atom stereocenters. The first kappa shape index (κ1) is 23.4. The maximum atomic E-state index is 13.7. The Kier molecular flexibility index (Phi) is 6.46. The maximum Gasteiger partial charge on any atom is 0.267 e. The summed E-state index contributed by atoms with van der Waals surface area (Å²) in [6.45, 7) is 2.35. The third-order valence-corrected chi connectivity index (χ3v) is 7.66. The van der Waals surface area contributed by atoms with Crippen LogP contribution in [0.15, 0.2) is 84.0 Å². The van der Waals surface area contributed by atoms with Gasteiger partial charge in [0.15, 0.2) is 0 Å². The van der Waals surface area contributed by atoms with Gasteiger partial charge in [-0.05, 0) is 55.8 Å². The molecule has 0 aliphatic carbocycles. The number of rotatable bonds is 6. The first-order valence-corrected chi connectivity index (χ1v) is 13.1. The Labute approximate surface area is 217 Å². The number of hydrogen-bond donors (Lipinski definition) is 1. The molecule has 0 radical (unpaired) electrons. The lowest BCUT2D eigenvalue weighted by Gasteiger charge is -2.22. The summed E-state index contributed by atoms with van der Waals surface area (Å²) in [5, 5.41) is 13.4. The number of benzene rings is 2. The molecule has 37 heavy (non-hydrogen) atoms. The highest BCUT2D eigenvalue weighted by Crippen LogP contribution is 2.33. The Morgan fingerprint density at radius 1 is 0.973 bits per heavy atom. The smallest absolute Gasteiger partial charge is 0.267 e. The Morgan fingerprint density at radius 2 is 1.81 bits per heavy atom. The summed E-state index contributed by atoms with van der Waals surface area (Å²) in [6, 6.07) is 17.7. The van der Waals surface area contributed by atoms with Crippen molar-refractivity contribution >= 4 is 11.3 Å². The minimum absolute atomic E-state index is 0.215. The molecule has 9 heteroatoms. The quantitative estimate of drug-likeness (QED) is 0.346. The molecule has 0 saturated carbocycles. The molecule has 1 saturated heterocycles. The molecule has 0 bridgehead atoms. The lowest BCUT2D eigenvalue weighted by atomic mass is 10.1. The van der Waals surface area contributed by atoms with E-state index in [4.69, 9.17) is 0 Å². The molecule has 4 heterocycles. The number of piperidine rings is 1. The van der Waals surface area contributed by atoms with E-state index in [0.717, 1.165) is 52.5 Å². The van der Waals surface area contributed by atoms with E-state index in [1.54, 1.807) is 29.5 Å². The van der Waals surface area contributed by atoms with Crippen LogP contribution in [-0.4, -0.2) is 37.6 Å². The van der Waals surface area contributed by atoms with Crippen molar-refractivity contribution in [2.45, 2.75) is 25.4 Å². The van der Waals surface area contributed by atoms with Gasteiger partial charge in [-0.15, -0.1) is 11.3 Å². The SMILES string of the molecule is O=c1ccc(-c2cccc(F)c2)nn1Cc1cccc(-c2ncc(-c3cnn(C4CCNCC4)c3)s2)c1. The van der Waals surface area contributed by atoms with Gasteiger partial charge in [-0.1, -0.05) is 30.3 Å². The fourth-order valence-electron chi connectivity index (χ4n) is 4.62. The lowest BCUT2D eigenvalue weighted by Crippen LogP contribution is -2.29. The van der Waals surface area contributed by atoms with Gasteiger partial charge in [0.2, 0.25) is 0 Å². The van der Waals surface area contributed by atoms with Crippen LogP contribution in [-0.2, 0) is 6.54 Å². The van der Waals surface area contributed by atoms with Crippen molar-refractivity contribution in [1.82, 2.24) is 29.9 Å². The standard InChI is InChI=1S/C28H25FN6OS/c29-23-6-2-4-20(14-23)25-7-8-27(36)35(33-25)17-19-3-1-5-21(13-19)28-31-16-26(37-28)22-15-32-34(18-22)24-9-11-30-12-10-24/h1-8,13-16,18,24,30H,9-12,17H2. The number of nitrogens with zero attached hydrogens (tertiary/aromatic N) is 5. The van der Waals surface area contributed by atoms with E-state index >= 15 is 0 Å². The van der Waals surface area contributed by atoms with Crippen LogP contribution in [0.4, 0.5) is 4.39 Å². The highest BCUT2D eigenvalue weighted by atomic mass is 32.1. The van der Waals surface area contributed by atoms with Crippen molar-refractivity contribution < 1.29 is 4.39 Å². The van der Waals surface area contributed by atoms with Gasteiger partial charge in [0.25, 0.3) is 5.56 Å². The van der Waals surface area contributed by atoms with Crippen molar-refractivity contribution in [1.29, 1.82) is 0 Å². The number of nitrogens with one attached hydrogen (secondary N) is 1. The Morgan fingerprint density at radius 3 is 2.68 bits per heavy atom. The van der Waals surface area contributed by atoms with Crippen molar-refractivity contribution in [3.63, 3.8) is 0 Å². The van der Waals surface area contributed by atoms with Gasteiger partial charge in [0.05, 0.1) is 29.4 Å². The zero-order chi connectivity index (χ0) is 25.2. The summed E-state index contributed by atoms with van der Waals surface area (Å²) in [7, 11) is 0. The number of hydrogen-bond acceptors (Lipinski definition) is 6. The van der Waals surface area contributed by atoms with Crippen molar-refractivity contribution in [2.75, 3.05) is 13.1 Å². The molecule has 0 amide bonds. The summed E-state index contributed by atoms with van der Waals surface area (Å²) in [6.07, 6.45) is 8.10. The Bertz CT molecular complexity index is 1600. The van der Waals surface area contributed by atoms with E-state index in [-0.39, 0.29) is 11.4 Å². The van der Waals surface area contributed by atoms with Crippen molar-refractivity contribution in [3.05, 3.63) is 101 Å². The Balaban J connectivity index is 1.22. The minimum Gasteiger partial charge on any atom is -0.317 e. The molecule has 5 aromatic rings. The van der Waals surface area contributed by atoms with Gasteiger partial charge in [-0.3, -0.25) is 9.48 Å². The fourth-order valence-corrected chi connectivity index (χ4v) is 5.50. The molecular formula is C28H25FN6OS. The van der Waals surface area contributed by atoms with Gasteiger partial charge in [-0.2, -0.15) is 10.2 Å². The summed E-state index contributed by atoms with van der Waals surface area (Å²) in [5.41, 5.74) is 3.94. The molecule has 1 aliphatic rings. The molecule has 1 N–H and O–H groups in total. The molecule has 186 valence electrons. The molecular weight excluding hydrogens is 487 g/mol. The summed E-state index contributed by atoms with van der Waals surface area (Å²) >= 11 is 1.62. The number of thiazole rings is 1. The largest absolute Gasteiger partial charge is 0.317 e. The van der Waals surface area contributed by atoms with Crippen LogP contribution < -0.4 is 10.9 Å².